The lowest BCUT2D eigenvalue weighted by Crippen LogP contribution is -2.30. The van der Waals surface area contributed by atoms with Gasteiger partial charge in [-0.3, -0.25) is 0 Å². The van der Waals surface area contributed by atoms with Gasteiger partial charge in [-0.2, -0.15) is 0 Å². The quantitative estimate of drug-likeness (QED) is 0.754. The second-order valence-electron chi connectivity index (χ2n) is 5.29. The van der Waals surface area contributed by atoms with Gasteiger partial charge < -0.3 is 10.6 Å². The Hall–Kier alpha value is -1.02. The average Bonchev–Trinajstić information content (AvgIpc) is 2.48. The van der Waals surface area contributed by atoms with E-state index in [0.717, 1.165) is 25.4 Å². The second kappa shape index (κ2) is 8.21. The molecule has 1 rings (SSSR count). The van der Waals surface area contributed by atoms with Crippen molar-refractivity contribution < 1.29 is 0 Å². The van der Waals surface area contributed by atoms with Gasteiger partial charge in [0, 0.05) is 24.8 Å². The molecule has 0 aliphatic carbocycles. The van der Waals surface area contributed by atoms with Crippen molar-refractivity contribution in [1.82, 2.24) is 0 Å². The van der Waals surface area contributed by atoms with Crippen molar-refractivity contribution in [3.05, 3.63) is 29.8 Å². The van der Waals surface area contributed by atoms with Crippen molar-refractivity contribution in [3.8, 4) is 0 Å². The molecule has 0 aromatic heterocycles. The van der Waals surface area contributed by atoms with Crippen molar-refractivity contribution >= 4 is 5.69 Å². The molecule has 0 radical (unpaired) electrons. The Labute approximate surface area is 119 Å². The summed E-state index contributed by atoms with van der Waals surface area (Å²) in [5, 5.41) is 0. The van der Waals surface area contributed by atoms with Crippen molar-refractivity contribution in [2.24, 2.45) is 11.7 Å². The summed E-state index contributed by atoms with van der Waals surface area (Å²) in [4.78, 5) is 2.49. The molecular formula is C17H30N2. The van der Waals surface area contributed by atoms with Crippen LogP contribution in [-0.4, -0.2) is 13.1 Å². The van der Waals surface area contributed by atoms with Crippen LogP contribution in [0, 0.1) is 5.92 Å². The maximum Gasteiger partial charge on any atom is 0.0414 e. The minimum atomic E-state index is 0.145. The Kier molecular flexibility index (Phi) is 6.93. The number of hydrogen-bond donors (Lipinski definition) is 1. The summed E-state index contributed by atoms with van der Waals surface area (Å²) in [5.41, 5.74) is 8.87. The fourth-order valence-electron chi connectivity index (χ4n) is 2.57. The minimum absolute atomic E-state index is 0.145. The molecule has 1 aromatic carbocycles. The van der Waals surface area contributed by atoms with Crippen LogP contribution in [-0.2, 0) is 0 Å². The van der Waals surface area contributed by atoms with Crippen LogP contribution in [0.1, 0.15) is 58.6 Å². The van der Waals surface area contributed by atoms with Crippen molar-refractivity contribution in [2.45, 2.75) is 53.0 Å². The Morgan fingerprint density at radius 2 is 1.63 bits per heavy atom. The molecule has 0 bridgehead atoms. The number of hydrogen-bond acceptors (Lipinski definition) is 2. The summed E-state index contributed by atoms with van der Waals surface area (Å²) < 4.78 is 0. The van der Waals surface area contributed by atoms with E-state index in [1.807, 2.05) is 0 Å². The third kappa shape index (κ3) is 4.24. The first-order valence-corrected chi connectivity index (χ1v) is 7.77. The summed E-state index contributed by atoms with van der Waals surface area (Å²) >= 11 is 0. The van der Waals surface area contributed by atoms with Gasteiger partial charge >= 0.3 is 0 Å². The molecule has 0 aliphatic heterocycles. The number of anilines is 1. The Morgan fingerprint density at radius 1 is 1.00 bits per heavy atom. The molecule has 0 saturated carbocycles. The summed E-state index contributed by atoms with van der Waals surface area (Å²) in [5.74, 6) is 0.769. The standard InChI is InChI=1S/C17H30N2/c1-5-14(6-2)13-19(8-4)17-12-10-9-11-15(17)16(18)7-3/h9-12,14,16H,5-8,13,18H2,1-4H3/t16-/m1/s1. The SMILES string of the molecule is CCC(CC)CN(CC)c1ccccc1[C@H](N)CC. The highest BCUT2D eigenvalue weighted by Gasteiger charge is 2.16. The maximum atomic E-state index is 6.26. The van der Waals surface area contributed by atoms with E-state index in [1.54, 1.807) is 0 Å². The lowest BCUT2D eigenvalue weighted by Gasteiger charge is -2.30. The van der Waals surface area contributed by atoms with Gasteiger partial charge in [-0.1, -0.05) is 51.8 Å². The molecule has 0 fully saturated rings. The van der Waals surface area contributed by atoms with Gasteiger partial charge in [-0.05, 0) is 30.9 Å². The monoisotopic (exact) mass is 262 g/mol. The van der Waals surface area contributed by atoms with Gasteiger partial charge in [0.2, 0.25) is 0 Å². The second-order valence-corrected chi connectivity index (χ2v) is 5.29. The molecule has 0 saturated heterocycles. The predicted octanol–water partition coefficient (Wildman–Crippen LogP) is 4.36. The highest BCUT2D eigenvalue weighted by atomic mass is 15.1. The molecule has 0 unspecified atom stereocenters. The third-order valence-corrected chi connectivity index (χ3v) is 4.13. The van der Waals surface area contributed by atoms with Crippen LogP contribution in [0.15, 0.2) is 24.3 Å². The Bertz CT molecular complexity index is 358. The normalized spacial score (nSPS) is 12.7. The van der Waals surface area contributed by atoms with Crippen LogP contribution >= 0.6 is 0 Å². The van der Waals surface area contributed by atoms with Crippen molar-refractivity contribution in [2.75, 3.05) is 18.0 Å². The van der Waals surface area contributed by atoms with Crippen LogP contribution in [0.4, 0.5) is 5.69 Å². The molecule has 0 aliphatic rings. The molecule has 2 nitrogen and oxygen atoms in total. The topological polar surface area (TPSA) is 29.3 Å². The molecule has 0 heterocycles. The van der Waals surface area contributed by atoms with Gasteiger partial charge in [0.05, 0.1) is 0 Å². The van der Waals surface area contributed by atoms with Gasteiger partial charge in [0.25, 0.3) is 0 Å². The van der Waals surface area contributed by atoms with E-state index in [2.05, 4.69) is 56.9 Å². The van der Waals surface area contributed by atoms with Gasteiger partial charge in [0.1, 0.15) is 0 Å². The lowest BCUT2D eigenvalue weighted by atomic mass is 9.99. The van der Waals surface area contributed by atoms with E-state index >= 15 is 0 Å². The van der Waals surface area contributed by atoms with E-state index in [4.69, 9.17) is 5.73 Å². The summed E-state index contributed by atoms with van der Waals surface area (Å²) in [6, 6.07) is 8.76. The zero-order valence-electron chi connectivity index (χ0n) is 13.0. The van der Waals surface area contributed by atoms with Crippen LogP contribution in [0.25, 0.3) is 0 Å². The maximum absolute atomic E-state index is 6.26. The molecule has 1 aromatic rings. The zero-order chi connectivity index (χ0) is 14.3. The fourth-order valence-corrected chi connectivity index (χ4v) is 2.57. The van der Waals surface area contributed by atoms with E-state index in [-0.39, 0.29) is 6.04 Å². The van der Waals surface area contributed by atoms with E-state index in [0.29, 0.717) is 0 Å². The first-order chi connectivity index (χ1) is 9.17. The van der Waals surface area contributed by atoms with Crippen LogP contribution in [0.3, 0.4) is 0 Å². The molecule has 19 heavy (non-hydrogen) atoms. The van der Waals surface area contributed by atoms with Gasteiger partial charge in [-0.25, -0.2) is 0 Å². The van der Waals surface area contributed by atoms with Gasteiger partial charge in [0.15, 0.2) is 0 Å². The molecule has 108 valence electrons. The highest BCUT2D eigenvalue weighted by molar-refractivity contribution is 5.55. The molecule has 1 atom stereocenters. The number of benzene rings is 1. The zero-order valence-corrected chi connectivity index (χ0v) is 13.0. The van der Waals surface area contributed by atoms with Crippen LogP contribution < -0.4 is 10.6 Å². The lowest BCUT2D eigenvalue weighted by molar-refractivity contribution is 0.485. The van der Waals surface area contributed by atoms with Crippen molar-refractivity contribution in [3.63, 3.8) is 0 Å². The van der Waals surface area contributed by atoms with Gasteiger partial charge in [-0.15, -0.1) is 0 Å². The molecule has 2 heteroatoms. The first kappa shape index (κ1) is 16.0. The minimum Gasteiger partial charge on any atom is -0.371 e. The smallest absolute Gasteiger partial charge is 0.0414 e. The predicted molar refractivity (Wildman–Crippen MR) is 85.6 cm³/mol. The van der Waals surface area contributed by atoms with Crippen LogP contribution in [0.2, 0.25) is 0 Å². The van der Waals surface area contributed by atoms with E-state index in [1.165, 1.54) is 24.1 Å². The average molecular weight is 262 g/mol. The largest absolute Gasteiger partial charge is 0.371 e. The Morgan fingerprint density at radius 3 is 2.16 bits per heavy atom. The van der Waals surface area contributed by atoms with E-state index in [9.17, 15) is 0 Å². The summed E-state index contributed by atoms with van der Waals surface area (Å²) in [6.07, 6.45) is 3.48. The number of nitrogens with two attached hydrogens (primary N) is 1. The molecule has 0 spiro atoms. The number of rotatable bonds is 8. The Balaban J connectivity index is 2.97. The summed E-state index contributed by atoms with van der Waals surface area (Å²) in [6.45, 7) is 11.1. The number of nitrogens with zero attached hydrogens (tertiary/aromatic N) is 1. The first-order valence-electron chi connectivity index (χ1n) is 7.77. The fraction of sp³-hybridized carbons (Fsp3) is 0.647. The number of para-hydroxylation sites is 1. The summed E-state index contributed by atoms with van der Waals surface area (Å²) in [7, 11) is 0. The van der Waals surface area contributed by atoms with Crippen molar-refractivity contribution in [1.29, 1.82) is 0 Å². The van der Waals surface area contributed by atoms with Crippen LogP contribution in [0.5, 0.6) is 0 Å². The molecule has 0 amide bonds. The third-order valence-electron chi connectivity index (χ3n) is 4.13. The van der Waals surface area contributed by atoms with E-state index < -0.39 is 0 Å². The molecule has 2 N–H and O–H groups in total. The highest BCUT2D eigenvalue weighted by Crippen LogP contribution is 2.28. The molecular weight excluding hydrogens is 232 g/mol.